The van der Waals surface area contributed by atoms with E-state index in [9.17, 15) is 55.5 Å². The highest BCUT2D eigenvalue weighted by atomic mass is 16.6. The van der Waals surface area contributed by atoms with Crippen LogP contribution in [0.25, 0.3) is 0 Å². The predicted molar refractivity (Wildman–Crippen MR) is 111 cm³/mol. The Labute approximate surface area is 197 Å². The Kier molecular flexibility index (Phi) is 13.8. The molecule has 9 atom stereocenters. The lowest BCUT2D eigenvalue weighted by Crippen LogP contribution is -2.51. The van der Waals surface area contributed by atoms with E-state index < -0.39 is 97.3 Å². The lowest BCUT2D eigenvalue weighted by Gasteiger charge is -2.28. The minimum Gasteiger partial charge on any atom is -0.430 e. The zero-order chi connectivity index (χ0) is 27.6. The standard InChI is InChI=1S/C17H32N4O14/c1-4(15(33)35-16(34)14(32)12(30)9(27)6(25)3-23)7(20-17(18)21-19)10(28)13(31)11(29)8(26)5(24)2-22/h5-6,8-9,11-14,16,22-27,29-32,34H,2-3,19H2,1H3,(H3,18,20,21)/t5-,6-,8-,9-,11+,12+,13+,14-,16?/m1/s1. The molecule has 0 bridgehead atoms. The number of carbonyl (C=O) groups excluding carboxylic acids is 2. The first-order valence-corrected chi connectivity index (χ1v) is 9.76. The van der Waals surface area contributed by atoms with Crippen LogP contribution < -0.4 is 16.9 Å². The molecule has 0 heterocycles. The number of hydrogen-bond acceptors (Lipinski definition) is 16. The van der Waals surface area contributed by atoms with Crippen molar-refractivity contribution in [3.8, 4) is 0 Å². The molecule has 0 saturated heterocycles. The molecule has 0 aliphatic heterocycles. The van der Waals surface area contributed by atoms with Gasteiger partial charge in [0.1, 0.15) is 48.8 Å². The molecular weight excluding hydrogens is 484 g/mol. The van der Waals surface area contributed by atoms with E-state index in [0.29, 0.717) is 0 Å². The lowest BCUT2D eigenvalue weighted by atomic mass is 9.97. The van der Waals surface area contributed by atoms with Crippen LogP contribution in [0.2, 0.25) is 0 Å². The van der Waals surface area contributed by atoms with Crippen molar-refractivity contribution in [1.82, 2.24) is 5.32 Å². The topological polar surface area (TPSA) is 342 Å². The molecule has 0 aliphatic rings. The van der Waals surface area contributed by atoms with Crippen LogP contribution in [-0.4, -0.2) is 142 Å². The summed E-state index contributed by atoms with van der Waals surface area (Å²) in [6.07, 6.45) is -20.5. The number of aliphatic hydroxyl groups excluding tert-OH is 11. The molecule has 35 heavy (non-hydrogen) atoms. The highest BCUT2D eigenvalue weighted by Gasteiger charge is 2.39. The van der Waals surface area contributed by atoms with Gasteiger partial charge >= 0.3 is 5.97 Å². The maximum absolute atomic E-state index is 12.6. The van der Waals surface area contributed by atoms with Crippen LogP contribution in [0.5, 0.6) is 0 Å². The molecule has 0 saturated carbocycles. The minimum atomic E-state index is -2.57. The number of Topliss-reactive ketones (excluding diaryl/α,β-unsaturated/α-hetero) is 1. The monoisotopic (exact) mass is 516 g/mol. The molecule has 204 valence electrons. The summed E-state index contributed by atoms with van der Waals surface area (Å²) in [4.78, 5) is 25.0. The Morgan fingerprint density at radius 1 is 0.829 bits per heavy atom. The van der Waals surface area contributed by atoms with Crippen LogP contribution in [0.3, 0.4) is 0 Å². The first-order valence-electron chi connectivity index (χ1n) is 9.76. The van der Waals surface area contributed by atoms with Crippen molar-refractivity contribution in [2.45, 2.75) is 62.0 Å². The van der Waals surface area contributed by atoms with Crippen molar-refractivity contribution in [2.24, 2.45) is 16.7 Å². The van der Waals surface area contributed by atoms with Gasteiger partial charge in [0.05, 0.1) is 24.5 Å². The minimum absolute atomic E-state index is 0.713. The van der Waals surface area contributed by atoms with Crippen molar-refractivity contribution >= 4 is 17.7 Å². The molecule has 16 N–H and O–H groups in total. The van der Waals surface area contributed by atoms with Crippen LogP contribution in [-0.2, 0) is 14.3 Å². The number of esters is 1. The third-order valence-corrected chi connectivity index (χ3v) is 4.64. The molecule has 0 aromatic rings. The fourth-order valence-corrected chi connectivity index (χ4v) is 2.40. The van der Waals surface area contributed by atoms with Gasteiger partial charge in [-0.05, 0) is 6.92 Å². The number of carbonyl (C=O) groups is 2. The van der Waals surface area contributed by atoms with E-state index in [-0.39, 0.29) is 0 Å². The summed E-state index contributed by atoms with van der Waals surface area (Å²) >= 11 is 0. The van der Waals surface area contributed by atoms with Crippen molar-refractivity contribution in [1.29, 1.82) is 0 Å². The van der Waals surface area contributed by atoms with Gasteiger partial charge in [0.2, 0.25) is 18.0 Å². The Morgan fingerprint density at radius 3 is 1.71 bits per heavy atom. The first kappa shape index (κ1) is 32.5. The van der Waals surface area contributed by atoms with E-state index >= 15 is 0 Å². The third kappa shape index (κ3) is 8.91. The van der Waals surface area contributed by atoms with Gasteiger partial charge in [-0.2, -0.15) is 0 Å². The summed E-state index contributed by atoms with van der Waals surface area (Å²) in [5, 5.41) is 110. The summed E-state index contributed by atoms with van der Waals surface area (Å²) in [5.41, 5.74) is 3.60. The van der Waals surface area contributed by atoms with Gasteiger partial charge < -0.3 is 77.8 Å². The van der Waals surface area contributed by atoms with Gasteiger partial charge in [0, 0.05) is 0 Å². The molecule has 0 rings (SSSR count). The molecule has 1 unspecified atom stereocenters. The summed E-state index contributed by atoms with van der Waals surface area (Å²) < 4.78 is 4.47. The Balaban J connectivity index is 5.88. The van der Waals surface area contributed by atoms with Gasteiger partial charge in [-0.25, -0.2) is 4.79 Å². The van der Waals surface area contributed by atoms with Crippen LogP contribution in [0, 0.1) is 0 Å². The molecular formula is C17H32N4O14. The number of ether oxygens (including phenoxy) is 1. The highest BCUT2D eigenvalue weighted by molar-refractivity contribution is 6.07. The van der Waals surface area contributed by atoms with Crippen molar-refractivity contribution in [2.75, 3.05) is 13.2 Å². The van der Waals surface area contributed by atoms with Crippen LogP contribution in [0.1, 0.15) is 6.92 Å². The maximum atomic E-state index is 12.6. The van der Waals surface area contributed by atoms with Crippen molar-refractivity contribution in [3.05, 3.63) is 11.3 Å². The van der Waals surface area contributed by atoms with E-state index in [2.05, 4.69) is 9.84 Å². The first-order chi connectivity index (χ1) is 16.2. The SMILES string of the molecule is CC(C(=O)OC(O)[C@H](O)[C@@H](O)[C@H](O)[C@H](O)CO)=C(NC(N)=NN)C(=O)[C@H](O)[C@@H](O)[C@H](O)[C@H](O)CO. The fraction of sp³-hybridized carbons (Fsp3) is 0.706. The lowest BCUT2D eigenvalue weighted by molar-refractivity contribution is -0.211. The second-order valence-corrected chi connectivity index (χ2v) is 7.20. The smallest absolute Gasteiger partial charge is 0.338 e. The van der Waals surface area contributed by atoms with E-state index in [1.165, 1.54) is 0 Å². The Bertz CT molecular complexity index is 765. The van der Waals surface area contributed by atoms with E-state index in [1.54, 1.807) is 0 Å². The summed E-state index contributed by atoms with van der Waals surface area (Å²) in [6, 6.07) is 0. The van der Waals surface area contributed by atoms with Gasteiger partial charge in [-0.3, -0.25) is 4.79 Å². The fourth-order valence-electron chi connectivity index (χ4n) is 2.40. The summed E-state index contributed by atoms with van der Waals surface area (Å²) in [7, 11) is 0. The summed E-state index contributed by atoms with van der Waals surface area (Å²) in [6.45, 7) is -1.21. The molecule has 18 heteroatoms. The van der Waals surface area contributed by atoms with Crippen LogP contribution in [0.15, 0.2) is 16.4 Å². The second kappa shape index (κ2) is 14.8. The average Bonchev–Trinajstić information content (AvgIpc) is 2.86. The Morgan fingerprint density at radius 2 is 1.29 bits per heavy atom. The van der Waals surface area contributed by atoms with E-state index in [0.717, 1.165) is 6.92 Å². The maximum Gasteiger partial charge on any atom is 0.338 e. The molecule has 0 fully saturated rings. The van der Waals surface area contributed by atoms with Crippen molar-refractivity contribution < 1.29 is 70.5 Å². The molecule has 0 radical (unpaired) electrons. The van der Waals surface area contributed by atoms with Gasteiger partial charge in [-0.15, -0.1) is 5.10 Å². The number of ketones is 1. The zero-order valence-corrected chi connectivity index (χ0v) is 18.4. The van der Waals surface area contributed by atoms with Crippen molar-refractivity contribution in [3.63, 3.8) is 0 Å². The molecule has 0 spiro atoms. The number of guanidine groups is 1. The number of hydrogen-bond donors (Lipinski definition) is 14. The molecule has 0 aromatic heterocycles. The van der Waals surface area contributed by atoms with E-state index in [4.69, 9.17) is 21.8 Å². The van der Waals surface area contributed by atoms with Crippen LogP contribution in [0.4, 0.5) is 0 Å². The Hall–Kier alpha value is -2.49. The van der Waals surface area contributed by atoms with Gasteiger partial charge in [0.15, 0.2) is 0 Å². The molecule has 18 nitrogen and oxygen atoms in total. The molecule has 0 amide bonds. The largest absolute Gasteiger partial charge is 0.430 e. The van der Waals surface area contributed by atoms with E-state index in [1.807, 2.05) is 5.32 Å². The number of nitrogens with two attached hydrogens (primary N) is 2. The van der Waals surface area contributed by atoms with Crippen LogP contribution >= 0.6 is 0 Å². The number of rotatable bonds is 14. The third-order valence-electron chi connectivity index (χ3n) is 4.64. The highest BCUT2D eigenvalue weighted by Crippen LogP contribution is 2.15. The zero-order valence-electron chi connectivity index (χ0n) is 18.4. The second-order valence-electron chi connectivity index (χ2n) is 7.20. The van der Waals surface area contributed by atoms with Gasteiger partial charge in [-0.1, -0.05) is 0 Å². The summed E-state index contributed by atoms with van der Waals surface area (Å²) in [5.74, 6) is 1.08. The molecule has 0 aliphatic carbocycles. The van der Waals surface area contributed by atoms with Gasteiger partial charge in [0.25, 0.3) is 0 Å². The number of nitrogens with one attached hydrogen (secondary N) is 1. The predicted octanol–water partition coefficient (Wildman–Crippen LogP) is -8.66. The quantitative estimate of drug-likeness (QED) is 0.0194. The number of aliphatic hydroxyl groups is 11. The number of nitrogens with zero attached hydrogens (tertiary/aromatic N) is 1. The molecule has 0 aromatic carbocycles. The average molecular weight is 516 g/mol. The number of hydrazone groups is 1. The normalized spacial score (nSPS) is 20.9.